The number of aromatic nitrogens is 1. The van der Waals surface area contributed by atoms with Gasteiger partial charge < -0.3 is 19.7 Å². The third-order valence-electron chi connectivity index (χ3n) is 4.71. The van der Waals surface area contributed by atoms with Crippen molar-refractivity contribution in [3.05, 3.63) is 24.0 Å². The van der Waals surface area contributed by atoms with Gasteiger partial charge in [-0.05, 0) is 18.6 Å². The Morgan fingerprint density at radius 1 is 1.29 bits per heavy atom. The molecule has 132 valence electrons. The molecule has 0 atom stereocenters. The van der Waals surface area contributed by atoms with E-state index in [2.05, 4.69) is 17.2 Å². The molecule has 1 N–H and O–H groups in total. The molecule has 0 bridgehead atoms. The summed E-state index contributed by atoms with van der Waals surface area (Å²) in [6.07, 6.45) is 6.71. The van der Waals surface area contributed by atoms with E-state index >= 15 is 0 Å². The van der Waals surface area contributed by atoms with E-state index in [1.165, 1.54) is 12.8 Å². The lowest BCUT2D eigenvalue weighted by atomic mass is 10.0. The number of carbonyl (C=O) groups excluding carboxylic acids is 1. The molecular formula is C18H27N3O3. The summed E-state index contributed by atoms with van der Waals surface area (Å²) in [5.41, 5.74) is 1.46. The van der Waals surface area contributed by atoms with E-state index in [-0.39, 0.29) is 5.91 Å². The summed E-state index contributed by atoms with van der Waals surface area (Å²) in [6, 6.07) is 3.76. The molecule has 0 saturated carbocycles. The fourth-order valence-electron chi connectivity index (χ4n) is 3.26. The second-order valence-electron chi connectivity index (χ2n) is 6.46. The van der Waals surface area contributed by atoms with Crippen molar-refractivity contribution >= 4 is 11.6 Å². The highest BCUT2D eigenvalue weighted by atomic mass is 16.7. The quantitative estimate of drug-likeness (QED) is 0.811. The molecule has 2 aliphatic rings. The molecule has 2 saturated heterocycles. The highest BCUT2D eigenvalue weighted by molar-refractivity contribution is 5.93. The maximum Gasteiger partial charge on any atom is 0.272 e. The molecule has 6 heteroatoms. The molecule has 2 aliphatic heterocycles. The van der Waals surface area contributed by atoms with Gasteiger partial charge in [0.2, 0.25) is 0 Å². The largest absolute Gasteiger partial charge is 0.385 e. The van der Waals surface area contributed by atoms with E-state index in [1.807, 2.05) is 17.0 Å². The van der Waals surface area contributed by atoms with Crippen LogP contribution in [-0.4, -0.2) is 54.4 Å². The van der Waals surface area contributed by atoms with Crippen LogP contribution in [0.25, 0.3) is 0 Å². The minimum Gasteiger partial charge on any atom is -0.385 e. The van der Waals surface area contributed by atoms with E-state index < -0.39 is 5.79 Å². The van der Waals surface area contributed by atoms with Crippen LogP contribution in [0.4, 0.5) is 5.69 Å². The first-order valence-electron chi connectivity index (χ1n) is 8.99. The van der Waals surface area contributed by atoms with Gasteiger partial charge in [-0.1, -0.05) is 19.8 Å². The van der Waals surface area contributed by atoms with Crippen LogP contribution in [0, 0.1) is 0 Å². The van der Waals surface area contributed by atoms with Gasteiger partial charge in [-0.2, -0.15) is 0 Å². The molecule has 0 aromatic carbocycles. The highest BCUT2D eigenvalue weighted by Crippen LogP contribution is 2.31. The number of unbranched alkanes of at least 4 members (excludes halogenated alkanes) is 2. The number of likely N-dealkylation sites (tertiary alicyclic amines) is 1. The third kappa shape index (κ3) is 4.05. The average molecular weight is 333 g/mol. The smallest absolute Gasteiger partial charge is 0.272 e. The molecule has 3 heterocycles. The number of piperidine rings is 1. The van der Waals surface area contributed by atoms with Gasteiger partial charge in [0.05, 0.1) is 13.2 Å². The second kappa shape index (κ2) is 7.94. The van der Waals surface area contributed by atoms with Crippen molar-refractivity contribution in [2.24, 2.45) is 0 Å². The fraction of sp³-hybridized carbons (Fsp3) is 0.667. The van der Waals surface area contributed by atoms with E-state index in [1.54, 1.807) is 6.20 Å². The van der Waals surface area contributed by atoms with Crippen molar-refractivity contribution in [2.75, 3.05) is 38.2 Å². The minimum absolute atomic E-state index is 0.0138. The number of amides is 1. The van der Waals surface area contributed by atoms with Crippen molar-refractivity contribution in [3.63, 3.8) is 0 Å². The average Bonchev–Trinajstić information content (AvgIpc) is 3.07. The Bertz CT molecular complexity index is 548. The topological polar surface area (TPSA) is 63.7 Å². The number of ether oxygens (including phenoxy) is 2. The number of pyridine rings is 1. The Morgan fingerprint density at radius 2 is 2.04 bits per heavy atom. The fourth-order valence-corrected chi connectivity index (χ4v) is 3.26. The predicted octanol–water partition coefficient (Wildman–Crippen LogP) is 2.66. The van der Waals surface area contributed by atoms with Gasteiger partial charge in [0.15, 0.2) is 5.79 Å². The Hall–Kier alpha value is -1.66. The molecule has 2 fully saturated rings. The molecule has 24 heavy (non-hydrogen) atoms. The van der Waals surface area contributed by atoms with Crippen LogP contribution in [0.5, 0.6) is 0 Å². The Labute approximate surface area is 143 Å². The number of carbonyl (C=O) groups is 1. The van der Waals surface area contributed by atoms with Crippen molar-refractivity contribution in [1.82, 2.24) is 9.88 Å². The van der Waals surface area contributed by atoms with E-state index in [0.29, 0.717) is 32.0 Å². The molecule has 0 aliphatic carbocycles. The minimum atomic E-state index is -0.451. The molecular weight excluding hydrogens is 306 g/mol. The summed E-state index contributed by atoms with van der Waals surface area (Å²) in [6.45, 7) is 5.71. The molecule has 1 aromatic rings. The molecule has 1 amide bonds. The van der Waals surface area contributed by atoms with E-state index in [9.17, 15) is 4.79 Å². The summed E-state index contributed by atoms with van der Waals surface area (Å²) in [4.78, 5) is 18.8. The zero-order valence-electron chi connectivity index (χ0n) is 14.4. The third-order valence-corrected chi connectivity index (χ3v) is 4.71. The maximum absolute atomic E-state index is 12.7. The number of hydrogen-bond acceptors (Lipinski definition) is 5. The first-order chi connectivity index (χ1) is 11.7. The van der Waals surface area contributed by atoms with Crippen molar-refractivity contribution in [3.8, 4) is 0 Å². The molecule has 1 aromatic heterocycles. The van der Waals surface area contributed by atoms with Crippen molar-refractivity contribution < 1.29 is 14.3 Å². The normalized spacial score (nSPS) is 19.6. The molecule has 3 rings (SSSR count). The van der Waals surface area contributed by atoms with Crippen LogP contribution < -0.4 is 5.32 Å². The first-order valence-corrected chi connectivity index (χ1v) is 8.99. The lowest BCUT2D eigenvalue weighted by molar-refractivity contribution is -0.181. The van der Waals surface area contributed by atoms with Crippen LogP contribution in [0.15, 0.2) is 18.3 Å². The van der Waals surface area contributed by atoms with Gasteiger partial charge in [-0.25, -0.2) is 0 Å². The summed E-state index contributed by atoms with van der Waals surface area (Å²) in [5, 5.41) is 3.37. The van der Waals surface area contributed by atoms with Gasteiger partial charge in [0, 0.05) is 44.4 Å². The van der Waals surface area contributed by atoms with Crippen molar-refractivity contribution in [2.45, 2.75) is 44.8 Å². The van der Waals surface area contributed by atoms with Crippen LogP contribution in [0.3, 0.4) is 0 Å². The predicted molar refractivity (Wildman–Crippen MR) is 92.0 cm³/mol. The first kappa shape index (κ1) is 17.2. The summed E-state index contributed by atoms with van der Waals surface area (Å²) in [7, 11) is 0. The Morgan fingerprint density at radius 3 is 2.75 bits per heavy atom. The van der Waals surface area contributed by atoms with Crippen LogP contribution in [-0.2, 0) is 9.47 Å². The highest BCUT2D eigenvalue weighted by Gasteiger charge is 2.41. The van der Waals surface area contributed by atoms with Crippen LogP contribution in [0.1, 0.15) is 49.5 Å². The van der Waals surface area contributed by atoms with Crippen LogP contribution >= 0.6 is 0 Å². The second-order valence-corrected chi connectivity index (χ2v) is 6.46. The molecule has 6 nitrogen and oxygen atoms in total. The number of hydrogen-bond donors (Lipinski definition) is 1. The zero-order chi connectivity index (χ0) is 16.8. The number of rotatable bonds is 6. The Balaban J connectivity index is 1.55. The summed E-state index contributed by atoms with van der Waals surface area (Å²) in [5.74, 6) is -0.465. The lowest BCUT2D eigenvalue weighted by Gasteiger charge is -2.37. The van der Waals surface area contributed by atoms with Crippen LogP contribution in [0.2, 0.25) is 0 Å². The van der Waals surface area contributed by atoms with Crippen molar-refractivity contribution in [1.29, 1.82) is 0 Å². The SMILES string of the molecule is CCCCCNc1ccnc(C(=O)N2CCC3(CC2)OCCO3)c1. The van der Waals surface area contributed by atoms with Gasteiger partial charge >= 0.3 is 0 Å². The summed E-state index contributed by atoms with van der Waals surface area (Å²) < 4.78 is 11.4. The monoisotopic (exact) mass is 333 g/mol. The number of nitrogens with one attached hydrogen (secondary N) is 1. The Kier molecular flexibility index (Phi) is 5.68. The van der Waals surface area contributed by atoms with Gasteiger partial charge in [-0.3, -0.25) is 9.78 Å². The maximum atomic E-state index is 12.7. The standard InChI is InChI=1S/C18H27N3O3/c1-2-3-4-8-19-15-5-9-20-16(14-15)17(22)21-10-6-18(7-11-21)23-12-13-24-18/h5,9,14H,2-4,6-8,10-13H2,1H3,(H,19,20). The van der Waals surface area contributed by atoms with E-state index in [0.717, 1.165) is 31.5 Å². The lowest BCUT2D eigenvalue weighted by Crippen LogP contribution is -2.47. The molecule has 1 spiro atoms. The molecule has 0 unspecified atom stereocenters. The molecule has 0 radical (unpaired) electrons. The van der Waals surface area contributed by atoms with E-state index in [4.69, 9.17) is 9.47 Å². The zero-order valence-corrected chi connectivity index (χ0v) is 14.4. The number of anilines is 1. The van der Waals surface area contributed by atoms with Gasteiger partial charge in [0.1, 0.15) is 5.69 Å². The van der Waals surface area contributed by atoms with Gasteiger partial charge in [-0.15, -0.1) is 0 Å². The van der Waals surface area contributed by atoms with Gasteiger partial charge in [0.25, 0.3) is 5.91 Å². The number of nitrogens with zero attached hydrogens (tertiary/aromatic N) is 2. The summed E-state index contributed by atoms with van der Waals surface area (Å²) >= 11 is 0.